The first-order valence-electron chi connectivity index (χ1n) is 8.96. The molecule has 4 rings (SSSR count). The predicted molar refractivity (Wildman–Crippen MR) is 97.5 cm³/mol. The number of anilines is 1. The van der Waals surface area contributed by atoms with Crippen LogP contribution in [0.3, 0.4) is 0 Å². The molecule has 1 aliphatic heterocycles. The number of nitrogens with one attached hydrogen (secondary N) is 1. The minimum atomic E-state index is 0.0681. The summed E-state index contributed by atoms with van der Waals surface area (Å²) in [5, 5.41) is 2.90. The normalized spacial score (nSPS) is 19.7. The summed E-state index contributed by atoms with van der Waals surface area (Å²) in [6, 6.07) is 17.6. The van der Waals surface area contributed by atoms with Gasteiger partial charge >= 0.3 is 0 Å². The van der Waals surface area contributed by atoms with E-state index in [2.05, 4.69) is 29.6 Å². The lowest BCUT2D eigenvalue weighted by Gasteiger charge is -2.17. The van der Waals surface area contributed by atoms with Crippen LogP contribution in [0.25, 0.3) is 0 Å². The van der Waals surface area contributed by atoms with E-state index in [1.165, 1.54) is 5.56 Å². The monoisotopic (exact) mass is 334 g/mol. The highest BCUT2D eigenvalue weighted by Gasteiger charge is 2.30. The molecule has 4 heteroatoms. The summed E-state index contributed by atoms with van der Waals surface area (Å²) in [4.78, 5) is 26.4. The van der Waals surface area contributed by atoms with E-state index in [9.17, 15) is 9.59 Å². The van der Waals surface area contributed by atoms with Crippen molar-refractivity contribution in [3.8, 4) is 0 Å². The van der Waals surface area contributed by atoms with Crippen molar-refractivity contribution in [1.82, 2.24) is 4.90 Å². The Bertz CT molecular complexity index is 766. The van der Waals surface area contributed by atoms with Crippen LogP contribution in [0.1, 0.15) is 41.1 Å². The molecule has 1 aliphatic carbocycles. The quantitative estimate of drug-likeness (QED) is 0.927. The lowest BCUT2D eigenvalue weighted by atomic mass is 9.99. The molecule has 2 amide bonds. The minimum Gasteiger partial charge on any atom is -0.338 e. The largest absolute Gasteiger partial charge is 0.338 e. The number of rotatable bonds is 4. The number of carbonyl (C=O) groups is 2. The van der Waals surface area contributed by atoms with Crippen molar-refractivity contribution in [3.63, 3.8) is 0 Å². The molecule has 0 bridgehead atoms. The zero-order valence-electron chi connectivity index (χ0n) is 14.2. The molecular weight excluding hydrogens is 312 g/mol. The zero-order chi connectivity index (χ0) is 17.2. The molecule has 1 heterocycles. The Labute approximate surface area is 147 Å². The number of hydrogen-bond acceptors (Lipinski definition) is 2. The van der Waals surface area contributed by atoms with Gasteiger partial charge in [0.15, 0.2) is 0 Å². The second-order valence-corrected chi connectivity index (χ2v) is 6.99. The van der Waals surface area contributed by atoms with Gasteiger partial charge in [0.1, 0.15) is 0 Å². The smallest absolute Gasteiger partial charge is 0.253 e. The summed E-state index contributed by atoms with van der Waals surface area (Å²) in [7, 11) is 0. The molecule has 25 heavy (non-hydrogen) atoms. The van der Waals surface area contributed by atoms with Gasteiger partial charge in [-0.2, -0.15) is 0 Å². The van der Waals surface area contributed by atoms with E-state index in [0.717, 1.165) is 38.0 Å². The number of amides is 2. The summed E-state index contributed by atoms with van der Waals surface area (Å²) in [6.07, 6.45) is 2.98. The maximum Gasteiger partial charge on any atom is 0.253 e. The first-order valence-corrected chi connectivity index (χ1v) is 8.96. The standard InChI is InChI=1S/C21H22N2O2/c24-20(16-6-7-16)22-19-10-8-17(9-11-19)21(25)23-13-12-18(14-23)15-4-2-1-3-5-15/h1-5,8-11,16,18H,6-7,12-14H2,(H,22,24). The van der Waals surface area contributed by atoms with Gasteiger partial charge < -0.3 is 10.2 Å². The highest BCUT2D eigenvalue weighted by Crippen LogP contribution is 2.30. The number of likely N-dealkylation sites (tertiary alicyclic amines) is 1. The van der Waals surface area contributed by atoms with Crippen molar-refractivity contribution in [2.24, 2.45) is 5.92 Å². The molecule has 1 atom stereocenters. The predicted octanol–water partition coefficient (Wildman–Crippen LogP) is 3.66. The van der Waals surface area contributed by atoms with E-state index in [1.54, 1.807) is 12.1 Å². The fourth-order valence-electron chi connectivity index (χ4n) is 3.41. The number of benzene rings is 2. The second-order valence-electron chi connectivity index (χ2n) is 6.99. The zero-order valence-corrected chi connectivity index (χ0v) is 14.2. The summed E-state index contributed by atoms with van der Waals surface area (Å²) in [6.45, 7) is 1.56. The van der Waals surface area contributed by atoms with E-state index in [4.69, 9.17) is 0 Å². The van der Waals surface area contributed by atoms with Crippen molar-refractivity contribution in [2.45, 2.75) is 25.2 Å². The molecular formula is C21H22N2O2. The van der Waals surface area contributed by atoms with E-state index >= 15 is 0 Å². The van der Waals surface area contributed by atoms with Crippen LogP contribution < -0.4 is 5.32 Å². The van der Waals surface area contributed by atoms with Crippen molar-refractivity contribution >= 4 is 17.5 Å². The van der Waals surface area contributed by atoms with Crippen molar-refractivity contribution in [2.75, 3.05) is 18.4 Å². The van der Waals surface area contributed by atoms with Crippen LogP contribution in [0, 0.1) is 5.92 Å². The summed E-state index contributed by atoms with van der Waals surface area (Å²) >= 11 is 0. The maximum absolute atomic E-state index is 12.7. The number of carbonyl (C=O) groups excluding carboxylic acids is 2. The van der Waals surface area contributed by atoms with E-state index < -0.39 is 0 Å². The molecule has 2 aromatic rings. The van der Waals surface area contributed by atoms with Gasteiger partial charge in [0, 0.05) is 36.2 Å². The molecule has 2 aromatic carbocycles. The summed E-state index contributed by atoms with van der Waals surface area (Å²) in [5.41, 5.74) is 2.74. The Morgan fingerprint density at radius 2 is 1.64 bits per heavy atom. The molecule has 1 N–H and O–H groups in total. The van der Waals surface area contributed by atoms with Gasteiger partial charge in [0.25, 0.3) is 5.91 Å². The molecule has 0 radical (unpaired) electrons. The van der Waals surface area contributed by atoms with Crippen LogP contribution in [-0.2, 0) is 4.79 Å². The second kappa shape index (κ2) is 6.71. The van der Waals surface area contributed by atoms with Gasteiger partial charge in [0.2, 0.25) is 5.91 Å². The Morgan fingerprint density at radius 3 is 2.32 bits per heavy atom. The molecule has 0 spiro atoms. The van der Waals surface area contributed by atoms with E-state index in [-0.39, 0.29) is 17.7 Å². The number of nitrogens with zero attached hydrogens (tertiary/aromatic N) is 1. The van der Waals surface area contributed by atoms with Gasteiger partial charge in [-0.05, 0) is 49.1 Å². The van der Waals surface area contributed by atoms with Crippen LogP contribution in [-0.4, -0.2) is 29.8 Å². The SMILES string of the molecule is O=C(Nc1ccc(C(=O)N2CCC(c3ccccc3)C2)cc1)C1CC1. The molecule has 1 unspecified atom stereocenters. The first-order chi connectivity index (χ1) is 12.2. The molecule has 0 aromatic heterocycles. The van der Waals surface area contributed by atoms with Crippen LogP contribution >= 0.6 is 0 Å². The minimum absolute atomic E-state index is 0.0681. The van der Waals surface area contributed by atoms with Gasteiger partial charge in [-0.3, -0.25) is 9.59 Å². The van der Waals surface area contributed by atoms with Crippen LogP contribution in [0.15, 0.2) is 54.6 Å². The average Bonchev–Trinajstić information content (AvgIpc) is 3.39. The van der Waals surface area contributed by atoms with Gasteiger partial charge in [0.05, 0.1) is 0 Å². The van der Waals surface area contributed by atoms with Gasteiger partial charge in [-0.15, -0.1) is 0 Å². The lowest BCUT2D eigenvalue weighted by molar-refractivity contribution is -0.117. The topological polar surface area (TPSA) is 49.4 Å². The molecule has 1 saturated carbocycles. The summed E-state index contributed by atoms with van der Waals surface area (Å²) < 4.78 is 0. The highest BCUT2D eigenvalue weighted by molar-refractivity contribution is 5.97. The highest BCUT2D eigenvalue weighted by atomic mass is 16.2. The third-order valence-electron chi connectivity index (χ3n) is 5.09. The molecule has 1 saturated heterocycles. The molecule has 4 nitrogen and oxygen atoms in total. The fourth-order valence-corrected chi connectivity index (χ4v) is 3.41. The lowest BCUT2D eigenvalue weighted by Crippen LogP contribution is -2.28. The average molecular weight is 334 g/mol. The third kappa shape index (κ3) is 3.58. The summed E-state index contributed by atoms with van der Waals surface area (Å²) in [5.74, 6) is 0.755. The van der Waals surface area contributed by atoms with Crippen molar-refractivity contribution in [1.29, 1.82) is 0 Å². The van der Waals surface area contributed by atoms with E-state index in [0.29, 0.717) is 11.5 Å². The maximum atomic E-state index is 12.7. The van der Waals surface area contributed by atoms with Gasteiger partial charge in [-0.1, -0.05) is 30.3 Å². The van der Waals surface area contributed by atoms with Crippen LogP contribution in [0.5, 0.6) is 0 Å². The van der Waals surface area contributed by atoms with Crippen LogP contribution in [0.2, 0.25) is 0 Å². The Hall–Kier alpha value is -2.62. The Balaban J connectivity index is 1.38. The molecule has 2 aliphatic rings. The Morgan fingerprint density at radius 1 is 0.920 bits per heavy atom. The van der Waals surface area contributed by atoms with E-state index in [1.807, 2.05) is 23.1 Å². The van der Waals surface area contributed by atoms with Crippen LogP contribution in [0.4, 0.5) is 5.69 Å². The van der Waals surface area contributed by atoms with Gasteiger partial charge in [-0.25, -0.2) is 0 Å². The van der Waals surface area contributed by atoms with Crippen molar-refractivity contribution < 1.29 is 9.59 Å². The first kappa shape index (κ1) is 15.9. The molecule has 128 valence electrons. The fraction of sp³-hybridized carbons (Fsp3) is 0.333. The van der Waals surface area contributed by atoms with Crippen molar-refractivity contribution in [3.05, 3.63) is 65.7 Å². The molecule has 2 fully saturated rings. The Kier molecular flexibility index (Phi) is 4.26. The number of hydrogen-bond donors (Lipinski definition) is 1. The third-order valence-corrected chi connectivity index (χ3v) is 5.09.